The number of benzene rings is 1. The van der Waals surface area contributed by atoms with Gasteiger partial charge in [-0.25, -0.2) is 9.97 Å². The van der Waals surface area contributed by atoms with Gasteiger partial charge in [-0.05, 0) is 36.2 Å². The van der Waals surface area contributed by atoms with E-state index >= 15 is 0 Å². The number of methoxy groups -OCH3 is 1. The molecule has 3 rings (SSSR count). The maximum Gasteiger partial charge on any atom is 0.286 e. The van der Waals surface area contributed by atoms with Crippen LogP contribution >= 0.6 is 0 Å². The molecule has 2 aromatic rings. The van der Waals surface area contributed by atoms with Crippen molar-refractivity contribution in [3.8, 4) is 5.75 Å². The largest absolute Gasteiger partial charge is 0.497 e. The third-order valence-electron chi connectivity index (χ3n) is 3.79. The van der Waals surface area contributed by atoms with Gasteiger partial charge in [0.05, 0.1) is 19.3 Å². The number of ether oxygens (including phenoxy) is 1. The standard InChI is InChI=1S/C16H16N4O3/c1-23-12-4-2-10(3-5-12)16(22)20-7-6-11-8-18-15(14(17)21)19-13(11)9-20/h2-5,8H,6-7,9H2,1H3,(H2,17,21). The van der Waals surface area contributed by atoms with Crippen LogP contribution in [0.5, 0.6) is 5.75 Å². The summed E-state index contributed by atoms with van der Waals surface area (Å²) in [6.07, 6.45) is 2.26. The fraction of sp³-hybridized carbons (Fsp3) is 0.250. The summed E-state index contributed by atoms with van der Waals surface area (Å²) in [6, 6.07) is 6.95. The summed E-state index contributed by atoms with van der Waals surface area (Å²) >= 11 is 0. The molecule has 2 heterocycles. The van der Waals surface area contributed by atoms with Crippen molar-refractivity contribution >= 4 is 11.8 Å². The summed E-state index contributed by atoms with van der Waals surface area (Å²) in [5, 5.41) is 0. The molecule has 0 spiro atoms. The third-order valence-corrected chi connectivity index (χ3v) is 3.79. The Hall–Kier alpha value is -2.96. The van der Waals surface area contributed by atoms with Gasteiger partial charge in [-0.3, -0.25) is 9.59 Å². The predicted octanol–water partition coefficient (Wildman–Crippen LogP) is 0.783. The van der Waals surface area contributed by atoms with Crippen LogP contribution in [0.2, 0.25) is 0 Å². The molecule has 0 saturated heterocycles. The van der Waals surface area contributed by atoms with Crippen LogP contribution in [0.3, 0.4) is 0 Å². The molecular formula is C16H16N4O3. The molecular weight excluding hydrogens is 296 g/mol. The molecule has 1 aliphatic rings. The number of aromatic nitrogens is 2. The van der Waals surface area contributed by atoms with E-state index in [1.54, 1.807) is 42.5 Å². The van der Waals surface area contributed by atoms with Crippen molar-refractivity contribution in [2.75, 3.05) is 13.7 Å². The zero-order valence-corrected chi connectivity index (χ0v) is 12.7. The minimum absolute atomic E-state index is 0.0255. The Morgan fingerprint density at radius 1 is 1.26 bits per heavy atom. The maximum atomic E-state index is 12.6. The first kappa shape index (κ1) is 15.0. The Balaban J connectivity index is 1.81. The molecule has 118 valence electrons. The van der Waals surface area contributed by atoms with Gasteiger partial charge >= 0.3 is 0 Å². The van der Waals surface area contributed by atoms with Crippen LogP contribution in [0.25, 0.3) is 0 Å². The molecule has 0 bridgehead atoms. The van der Waals surface area contributed by atoms with E-state index < -0.39 is 5.91 Å². The normalized spacial score (nSPS) is 13.3. The number of carbonyl (C=O) groups is 2. The van der Waals surface area contributed by atoms with E-state index in [1.165, 1.54) is 0 Å². The molecule has 0 radical (unpaired) electrons. The molecule has 0 fully saturated rings. The average Bonchev–Trinajstić information content (AvgIpc) is 2.60. The summed E-state index contributed by atoms with van der Waals surface area (Å²) in [5.74, 6) is -0.0872. The monoisotopic (exact) mass is 312 g/mol. The molecule has 0 aliphatic carbocycles. The predicted molar refractivity (Wildman–Crippen MR) is 82.0 cm³/mol. The van der Waals surface area contributed by atoms with Crippen molar-refractivity contribution < 1.29 is 14.3 Å². The number of rotatable bonds is 3. The SMILES string of the molecule is COc1ccc(C(=O)N2CCc3cnc(C(N)=O)nc3C2)cc1. The van der Waals surface area contributed by atoms with Gasteiger partial charge in [-0.1, -0.05) is 0 Å². The fourth-order valence-electron chi connectivity index (χ4n) is 2.51. The Morgan fingerprint density at radius 3 is 2.65 bits per heavy atom. The van der Waals surface area contributed by atoms with Crippen LogP contribution in [0.15, 0.2) is 30.5 Å². The highest BCUT2D eigenvalue weighted by molar-refractivity contribution is 5.94. The number of nitrogens with two attached hydrogens (primary N) is 1. The Kier molecular flexibility index (Phi) is 3.92. The number of hydrogen-bond donors (Lipinski definition) is 1. The van der Waals surface area contributed by atoms with Crippen LogP contribution in [-0.2, 0) is 13.0 Å². The highest BCUT2D eigenvalue weighted by atomic mass is 16.5. The van der Waals surface area contributed by atoms with E-state index in [0.29, 0.717) is 36.5 Å². The number of amides is 2. The zero-order valence-electron chi connectivity index (χ0n) is 12.7. The van der Waals surface area contributed by atoms with Gasteiger partial charge in [0.25, 0.3) is 11.8 Å². The summed E-state index contributed by atoms with van der Waals surface area (Å²) in [5.41, 5.74) is 7.39. The van der Waals surface area contributed by atoms with Gasteiger partial charge in [-0.15, -0.1) is 0 Å². The van der Waals surface area contributed by atoms with Crippen LogP contribution < -0.4 is 10.5 Å². The average molecular weight is 312 g/mol. The fourth-order valence-corrected chi connectivity index (χ4v) is 2.51. The molecule has 1 aromatic heterocycles. The van der Waals surface area contributed by atoms with E-state index in [9.17, 15) is 9.59 Å². The summed E-state index contributed by atoms with van der Waals surface area (Å²) in [7, 11) is 1.58. The van der Waals surface area contributed by atoms with Crippen molar-refractivity contribution in [2.24, 2.45) is 5.73 Å². The van der Waals surface area contributed by atoms with E-state index in [1.807, 2.05) is 0 Å². The lowest BCUT2D eigenvalue weighted by molar-refractivity contribution is 0.0731. The number of hydrogen-bond acceptors (Lipinski definition) is 5. The molecule has 0 atom stereocenters. The van der Waals surface area contributed by atoms with Crippen LogP contribution in [0, 0.1) is 0 Å². The minimum Gasteiger partial charge on any atom is -0.497 e. The van der Waals surface area contributed by atoms with Crippen molar-refractivity contribution in [3.05, 3.63) is 53.1 Å². The van der Waals surface area contributed by atoms with E-state index in [0.717, 1.165) is 5.56 Å². The van der Waals surface area contributed by atoms with Gasteiger partial charge in [0, 0.05) is 18.3 Å². The van der Waals surface area contributed by atoms with Crippen molar-refractivity contribution in [3.63, 3.8) is 0 Å². The molecule has 2 amide bonds. The van der Waals surface area contributed by atoms with Crippen molar-refractivity contribution in [1.82, 2.24) is 14.9 Å². The molecule has 0 unspecified atom stereocenters. The first-order valence-corrected chi connectivity index (χ1v) is 7.16. The summed E-state index contributed by atoms with van der Waals surface area (Å²) in [4.78, 5) is 33.6. The highest BCUT2D eigenvalue weighted by Crippen LogP contribution is 2.20. The quantitative estimate of drug-likeness (QED) is 0.903. The molecule has 0 saturated carbocycles. The lowest BCUT2D eigenvalue weighted by atomic mass is 10.1. The smallest absolute Gasteiger partial charge is 0.286 e. The number of nitrogens with zero attached hydrogens (tertiary/aromatic N) is 3. The second kappa shape index (κ2) is 6.04. The molecule has 1 aliphatic heterocycles. The summed E-state index contributed by atoms with van der Waals surface area (Å²) < 4.78 is 5.09. The molecule has 2 N–H and O–H groups in total. The first-order chi connectivity index (χ1) is 11.1. The highest BCUT2D eigenvalue weighted by Gasteiger charge is 2.24. The minimum atomic E-state index is -0.675. The summed E-state index contributed by atoms with van der Waals surface area (Å²) in [6.45, 7) is 0.917. The van der Waals surface area contributed by atoms with E-state index in [4.69, 9.17) is 10.5 Å². The van der Waals surface area contributed by atoms with Gasteiger partial charge in [0.15, 0.2) is 0 Å². The van der Waals surface area contributed by atoms with E-state index in [-0.39, 0.29) is 11.7 Å². The number of carbonyl (C=O) groups excluding carboxylic acids is 2. The van der Waals surface area contributed by atoms with Gasteiger partial charge < -0.3 is 15.4 Å². The Bertz CT molecular complexity index is 758. The molecule has 1 aromatic carbocycles. The Labute approximate surface area is 133 Å². The number of fused-ring (bicyclic) bond motifs is 1. The van der Waals surface area contributed by atoms with Gasteiger partial charge in [0.2, 0.25) is 5.82 Å². The molecule has 23 heavy (non-hydrogen) atoms. The second-order valence-corrected chi connectivity index (χ2v) is 5.24. The second-order valence-electron chi connectivity index (χ2n) is 5.24. The maximum absolute atomic E-state index is 12.6. The Morgan fingerprint density at radius 2 is 2.00 bits per heavy atom. The lowest BCUT2D eigenvalue weighted by Gasteiger charge is -2.28. The first-order valence-electron chi connectivity index (χ1n) is 7.16. The van der Waals surface area contributed by atoms with E-state index in [2.05, 4.69) is 9.97 Å². The molecule has 7 nitrogen and oxygen atoms in total. The van der Waals surface area contributed by atoms with Gasteiger partial charge in [-0.2, -0.15) is 0 Å². The van der Waals surface area contributed by atoms with Crippen LogP contribution in [0.1, 0.15) is 32.2 Å². The van der Waals surface area contributed by atoms with Crippen molar-refractivity contribution in [2.45, 2.75) is 13.0 Å². The van der Waals surface area contributed by atoms with Crippen LogP contribution in [-0.4, -0.2) is 40.3 Å². The van der Waals surface area contributed by atoms with Crippen LogP contribution in [0.4, 0.5) is 0 Å². The number of primary amides is 1. The van der Waals surface area contributed by atoms with Crippen molar-refractivity contribution in [1.29, 1.82) is 0 Å². The lowest BCUT2D eigenvalue weighted by Crippen LogP contribution is -2.37. The molecule has 7 heteroatoms. The van der Waals surface area contributed by atoms with Gasteiger partial charge in [0.1, 0.15) is 5.75 Å². The topological polar surface area (TPSA) is 98.4 Å². The third kappa shape index (κ3) is 2.98. The zero-order chi connectivity index (χ0) is 16.4.